The normalized spacial score (nSPS) is 11.6. The van der Waals surface area contributed by atoms with Gasteiger partial charge in [0.15, 0.2) is 0 Å². The molecule has 18 heavy (non-hydrogen) atoms. The second kappa shape index (κ2) is 9.37. The number of carbonyl (C=O) groups is 1. The van der Waals surface area contributed by atoms with E-state index in [0.29, 0.717) is 12.6 Å². The zero-order valence-electron chi connectivity index (χ0n) is 13.2. The third-order valence-electron chi connectivity index (χ3n) is 3.47. The van der Waals surface area contributed by atoms with Crippen molar-refractivity contribution in [2.75, 3.05) is 27.2 Å². The largest absolute Gasteiger partial charge is 0.345 e. The van der Waals surface area contributed by atoms with Gasteiger partial charge in [0, 0.05) is 19.6 Å². The van der Waals surface area contributed by atoms with Crippen LogP contribution in [-0.2, 0) is 4.79 Å². The van der Waals surface area contributed by atoms with E-state index in [0.717, 1.165) is 18.9 Å². The third-order valence-corrected chi connectivity index (χ3v) is 3.47. The molecule has 0 saturated heterocycles. The lowest BCUT2D eigenvalue weighted by Gasteiger charge is -2.24. The minimum absolute atomic E-state index is 0.232. The van der Waals surface area contributed by atoms with Gasteiger partial charge in [-0.1, -0.05) is 33.1 Å². The number of rotatable bonds is 9. The SMILES string of the molecule is CC(C)CCCCCN(C)C(=O)CN(C)C(C)C. The van der Waals surface area contributed by atoms with E-state index in [9.17, 15) is 4.79 Å². The number of carbonyl (C=O) groups excluding carboxylic acids is 1. The number of nitrogens with zero attached hydrogens (tertiary/aromatic N) is 2. The maximum atomic E-state index is 11.9. The summed E-state index contributed by atoms with van der Waals surface area (Å²) in [6.07, 6.45) is 4.94. The first-order valence-electron chi connectivity index (χ1n) is 7.28. The zero-order chi connectivity index (χ0) is 14.1. The third kappa shape index (κ3) is 8.51. The Morgan fingerprint density at radius 3 is 2.11 bits per heavy atom. The van der Waals surface area contributed by atoms with Crippen LogP contribution in [0.4, 0.5) is 0 Å². The molecule has 0 rings (SSSR count). The Morgan fingerprint density at radius 2 is 1.61 bits per heavy atom. The molecular weight excluding hydrogens is 224 g/mol. The van der Waals surface area contributed by atoms with Gasteiger partial charge in [-0.15, -0.1) is 0 Å². The van der Waals surface area contributed by atoms with Crippen LogP contribution in [0.1, 0.15) is 53.4 Å². The van der Waals surface area contributed by atoms with Crippen molar-refractivity contribution in [2.45, 2.75) is 59.4 Å². The first-order chi connectivity index (χ1) is 8.34. The molecule has 0 radical (unpaired) electrons. The number of likely N-dealkylation sites (N-methyl/N-ethyl adjacent to an activating group) is 2. The molecule has 0 aliphatic rings. The van der Waals surface area contributed by atoms with Crippen molar-refractivity contribution in [1.29, 1.82) is 0 Å². The molecular formula is C15H32N2O. The fraction of sp³-hybridized carbons (Fsp3) is 0.933. The lowest BCUT2D eigenvalue weighted by Crippen LogP contribution is -2.39. The molecule has 3 heteroatoms. The van der Waals surface area contributed by atoms with Crippen LogP contribution < -0.4 is 0 Å². The maximum Gasteiger partial charge on any atom is 0.236 e. The predicted octanol–water partition coefficient (Wildman–Crippen LogP) is 3.00. The highest BCUT2D eigenvalue weighted by Gasteiger charge is 2.12. The molecule has 0 spiro atoms. The second-order valence-electron chi connectivity index (χ2n) is 6.07. The summed E-state index contributed by atoms with van der Waals surface area (Å²) >= 11 is 0. The van der Waals surface area contributed by atoms with E-state index in [2.05, 4.69) is 32.6 Å². The van der Waals surface area contributed by atoms with Crippen LogP contribution in [0, 0.1) is 5.92 Å². The van der Waals surface area contributed by atoms with Gasteiger partial charge in [-0.05, 0) is 33.2 Å². The van der Waals surface area contributed by atoms with Crippen LogP contribution in [0.5, 0.6) is 0 Å². The van der Waals surface area contributed by atoms with E-state index in [1.54, 1.807) is 0 Å². The molecule has 0 aromatic rings. The molecule has 0 aliphatic carbocycles. The average Bonchev–Trinajstić information content (AvgIpc) is 2.27. The van der Waals surface area contributed by atoms with Crippen LogP contribution in [0.2, 0.25) is 0 Å². The molecule has 0 heterocycles. The van der Waals surface area contributed by atoms with Gasteiger partial charge in [0.1, 0.15) is 0 Å². The van der Waals surface area contributed by atoms with E-state index in [1.165, 1.54) is 19.3 Å². The fourth-order valence-electron chi connectivity index (χ4n) is 1.72. The van der Waals surface area contributed by atoms with Crippen LogP contribution in [0.25, 0.3) is 0 Å². The van der Waals surface area contributed by atoms with Crippen LogP contribution in [0.3, 0.4) is 0 Å². The first kappa shape index (κ1) is 17.4. The molecule has 0 aromatic carbocycles. The Morgan fingerprint density at radius 1 is 1.00 bits per heavy atom. The summed E-state index contributed by atoms with van der Waals surface area (Å²) in [7, 11) is 3.91. The Labute approximate surface area is 114 Å². The van der Waals surface area contributed by atoms with Gasteiger partial charge in [-0.2, -0.15) is 0 Å². The average molecular weight is 256 g/mol. The van der Waals surface area contributed by atoms with Crippen molar-refractivity contribution >= 4 is 5.91 Å². The van der Waals surface area contributed by atoms with Crippen molar-refractivity contribution in [3.05, 3.63) is 0 Å². The smallest absolute Gasteiger partial charge is 0.236 e. The van der Waals surface area contributed by atoms with Crippen LogP contribution in [0.15, 0.2) is 0 Å². The molecule has 108 valence electrons. The minimum Gasteiger partial charge on any atom is -0.345 e. The quantitative estimate of drug-likeness (QED) is 0.592. The van der Waals surface area contributed by atoms with Gasteiger partial charge in [0.05, 0.1) is 6.54 Å². The van der Waals surface area contributed by atoms with Crippen molar-refractivity contribution in [2.24, 2.45) is 5.92 Å². The van der Waals surface area contributed by atoms with Crippen molar-refractivity contribution in [1.82, 2.24) is 9.80 Å². The first-order valence-corrected chi connectivity index (χ1v) is 7.28. The Bertz CT molecular complexity index is 227. The van der Waals surface area contributed by atoms with E-state index in [1.807, 2.05) is 19.0 Å². The van der Waals surface area contributed by atoms with Gasteiger partial charge < -0.3 is 4.90 Å². The van der Waals surface area contributed by atoms with Gasteiger partial charge >= 0.3 is 0 Å². The molecule has 0 N–H and O–H groups in total. The highest BCUT2D eigenvalue weighted by Crippen LogP contribution is 2.08. The summed E-state index contributed by atoms with van der Waals surface area (Å²) in [5.74, 6) is 1.03. The molecule has 0 fully saturated rings. The molecule has 0 aliphatic heterocycles. The molecule has 1 amide bonds. The van der Waals surface area contributed by atoms with Gasteiger partial charge in [0.25, 0.3) is 0 Å². The van der Waals surface area contributed by atoms with Gasteiger partial charge in [-0.3, -0.25) is 9.69 Å². The second-order valence-corrected chi connectivity index (χ2v) is 6.07. The summed E-state index contributed by atoms with van der Waals surface area (Å²) in [5, 5.41) is 0. The number of hydrogen-bond acceptors (Lipinski definition) is 2. The molecule has 0 atom stereocenters. The lowest BCUT2D eigenvalue weighted by atomic mass is 10.1. The van der Waals surface area contributed by atoms with Crippen LogP contribution in [-0.4, -0.2) is 48.9 Å². The monoisotopic (exact) mass is 256 g/mol. The molecule has 0 bridgehead atoms. The molecule has 0 aromatic heterocycles. The van der Waals surface area contributed by atoms with E-state index in [-0.39, 0.29) is 5.91 Å². The topological polar surface area (TPSA) is 23.6 Å². The molecule has 0 unspecified atom stereocenters. The Balaban J connectivity index is 3.68. The van der Waals surface area contributed by atoms with Crippen LogP contribution >= 0.6 is 0 Å². The summed E-state index contributed by atoms with van der Waals surface area (Å²) in [6, 6.07) is 0.424. The van der Waals surface area contributed by atoms with Crippen molar-refractivity contribution < 1.29 is 4.79 Å². The lowest BCUT2D eigenvalue weighted by molar-refractivity contribution is -0.131. The number of amides is 1. The summed E-state index contributed by atoms with van der Waals surface area (Å²) in [5.41, 5.74) is 0. The Hall–Kier alpha value is -0.570. The van der Waals surface area contributed by atoms with Gasteiger partial charge in [-0.25, -0.2) is 0 Å². The summed E-state index contributed by atoms with van der Waals surface area (Å²) in [4.78, 5) is 15.9. The van der Waals surface area contributed by atoms with E-state index >= 15 is 0 Å². The highest BCUT2D eigenvalue weighted by atomic mass is 16.2. The number of unbranched alkanes of at least 4 members (excludes halogenated alkanes) is 2. The number of hydrogen-bond donors (Lipinski definition) is 0. The van der Waals surface area contributed by atoms with Crippen molar-refractivity contribution in [3.63, 3.8) is 0 Å². The molecule has 0 saturated carbocycles. The summed E-state index contributed by atoms with van der Waals surface area (Å²) < 4.78 is 0. The maximum absolute atomic E-state index is 11.9. The van der Waals surface area contributed by atoms with E-state index in [4.69, 9.17) is 0 Å². The Kier molecular flexibility index (Phi) is 9.08. The standard InChI is InChI=1S/C15H32N2O/c1-13(2)10-8-7-9-11-16(5)15(18)12-17(6)14(3)4/h13-14H,7-12H2,1-6H3. The van der Waals surface area contributed by atoms with Crippen molar-refractivity contribution in [3.8, 4) is 0 Å². The highest BCUT2D eigenvalue weighted by molar-refractivity contribution is 5.77. The minimum atomic E-state index is 0.232. The van der Waals surface area contributed by atoms with E-state index < -0.39 is 0 Å². The molecule has 3 nitrogen and oxygen atoms in total. The zero-order valence-corrected chi connectivity index (χ0v) is 13.2. The summed E-state index contributed by atoms with van der Waals surface area (Å²) in [6.45, 7) is 10.2. The predicted molar refractivity (Wildman–Crippen MR) is 78.7 cm³/mol. The fourth-order valence-corrected chi connectivity index (χ4v) is 1.72. The van der Waals surface area contributed by atoms with Gasteiger partial charge in [0.2, 0.25) is 5.91 Å².